The number of hydrogen-bond acceptors (Lipinski definition) is 3. The minimum absolute atomic E-state index is 0.110. The summed E-state index contributed by atoms with van der Waals surface area (Å²) in [6.07, 6.45) is 0. The molecule has 30 heavy (non-hydrogen) atoms. The van der Waals surface area contributed by atoms with Crippen LogP contribution in [-0.4, -0.2) is 42.9 Å². The van der Waals surface area contributed by atoms with Crippen LogP contribution in [-0.2, 0) is 10.3 Å². The minimum atomic E-state index is -1.14. The van der Waals surface area contributed by atoms with E-state index in [2.05, 4.69) is 85.5 Å². The van der Waals surface area contributed by atoms with Crippen LogP contribution in [0.4, 0.5) is 0 Å². The molecule has 0 spiro atoms. The molecule has 1 saturated heterocycles. The van der Waals surface area contributed by atoms with Gasteiger partial charge in [0.25, 0.3) is 0 Å². The molecule has 0 saturated carbocycles. The third-order valence-electron chi connectivity index (χ3n) is 6.20. The van der Waals surface area contributed by atoms with Crippen LogP contribution in [0, 0.1) is 13.8 Å². The molecule has 3 aromatic carbocycles. The Bertz CT molecular complexity index is 948. The maximum atomic E-state index is 12.6. The van der Waals surface area contributed by atoms with Gasteiger partial charge in [0.15, 0.2) is 0 Å². The standard InChI is InChI=1S/C27H31NO2/c1-21-11-13-24(14-12-21)27(29,25-10-6-7-22(2)19-25)26(23-8-4-3-5-9-23)20-28-15-17-30-18-16-28/h3-14,19,26,29H,15-18,20H2,1-2H3/t26-,27+/m1/s1. The van der Waals surface area contributed by atoms with Gasteiger partial charge in [0, 0.05) is 25.6 Å². The molecule has 0 aromatic heterocycles. The van der Waals surface area contributed by atoms with Crippen molar-refractivity contribution >= 4 is 0 Å². The van der Waals surface area contributed by atoms with Gasteiger partial charge in [-0.05, 0) is 30.5 Å². The quantitative estimate of drug-likeness (QED) is 0.652. The van der Waals surface area contributed by atoms with E-state index in [-0.39, 0.29) is 5.92 Å². The van der Waals surface area contributed by atoms with Crippen molar-refractivity contribution in [2.24, 2.45) is 0 Å². The molecule has 3 nitrogen and oxygen atoms in total. The first-order chi connectivity index (χ1) is 14.6. The number of rotatable bonds is 6. The van der Waals surface area contributed by atoms with Gasteiger partial charge < -0.3 is 9.84 Å². The maximum Gasteiger partial charge on any atom is 0.123 e. The van der Waals surface area contributed by atoms with Gasteiger partial charge in [0.1, 0.15) is 5.60 Å². The van der Waals surface area contributed by atoms with Crippen LogP contribution in [0.2, 0.25) is 0 Å². The van der Waals surface area contributed by atoms with E-state index in [1.165, 1.54) is 5.56 Å². The fourth-order valence-corrected chi connectivity index (χ4v) is 4.46. The largest absolute Gasteiger partial charge is 0.380 e. The van der Waals surface area contributed by atoms with Crippen molar-refractivity contribution in [3.63, 3.8) is 0 Å². The second-order valence-corrected chi connectivity index (χ2v) is 8.38. The third-order valence-corrected chi connectivity index (χ3v) is 6.20. The van der Waals surface area contributed by atoms with Gasteiger partial charge in [-0.1, -0.05) is 90.0 Å². The lowest BCUT2D eigenvalue weighted by atomic mass is 9.72. The molecule has 2 atom stereocenters. The molecule has 0 bridgehead atoms. The number of nitrogens with zero attached hydrogens (tertiary/aromatic N) is 1. The summed E-state index contributed by atoms with van der Waals surface area (Å²) < 4.78 is 5.57. The zero-order valence-electron chi connectivity index (χ0n) is 17.9. The van der Waals surface area contributed by atoms with Crippen LogP contribution < -0.4 is 0 Å². The lowest BCUT2D eigenvalue weighted by Gasteiger charge is -2.41. The highest BCUT2D eigenvalue weighted by Crippen LogP contribution is 2.43. The predicted octanol–water partition coefficient (Wildman–Crippen LogP) is 4.66. The van der Waals surface area contributed by atoms with E-state index in [0.29, 0.717) is 0 Å². The predicted molar refractivity (Wildman–Crippen MR) is 122 cm³/mol. The summed E-state index contributed by atoms with van der Waals surface area (Å²) in [4.78, 5) is 2.41. The molecule has 0 radical (unpaired) electrons. The Balaban J connectivity index is 1.86. The summed E-state index contributed by atoms with van der Waals surface area (Å²) in [6.45, 7) is 8.20. The van der Waals surface area contributed by atoms with Crippen molar-refractivity contribution < 1.29 is 9.84 Å². The molecule has 1 aliphatic rings. The van der Waals surface area contributed by atoms with E-state index in [1.807, 2.05) is 12.1 Å². The smallest absolute Gasteiger partial charge is 0.123 e. The van der Waals surface area contributed by atoms with Crippen molar-refractivity contribution in [1.29, 1.82) is 0 Å². The van der Waals surface area contributed by atoms with Crippen molar-refractivity contribution in [1.82, 2.24) is 4.90 Å². The Hall–Kier alpha value is -2.46. The summed E-state index contributed by atoms with van der Waals surface area (Å²) in [5.41, 5.74) is 4.22. The minimum Gasteiger partial charge on any atom is -0.380 e. The Morgan fingerprint density at radius 2 is 1.53 bits per heavy atom. The zero-order valence-corrected chi connectivity index (χ0v) is 17.9. The zero-order chi connectivity index (χ0) is 21.0. The summed E-state index contributed by atoms with van der Waals surface area (Å²) in [5, 5.41) is 12.6. The topological polar surface area (TPSA) is 32.7 Å². The fourth-order valence-electron chi connectivity index (χ4n) is 4.46. The Labute approximate surface area is 179 Å². The molecular weight excluding hydrogens is 370 g/mol. The number of hydrogen-bond donors (Lipinski definition) is 1. The third kappa shape index (κ3) is 4.34. The monoisotopic (exact) mass is 401 g/mol. The highest BCUT2D eigenvalue weighted by atomic mass is 16.5. The molecule has 1 fully saturated rings. The van der Waals surface area contributed by atoms with E-state index in [9.17, 15) is 5.11 Å². The molecule has 0 aliphatic carbocycles. The number of ether oxygens (including phenoxy) is 1. The average Bonchev–Trinajstić information content (AvgIpc) is 2.79. The van der Waals surface area contributed by atoms with Crippen molar-refractivity contribution in [3.8, 4) is 0 Å². The summed E-state index contributed by atoms with van der Waals surface area (Å²) in [5.74, 6) is -0.110. The van der Waals surface area contributed by atoms with Gasteiger partial charge in [-0.3, -0.25) is 4.90 Å². The van der Waals surface area contributed by atoms with Crippen LogP contribution in [0.1, 0.15) is 33.7 Å². The molecule has 3 heteroatoms. The van der Waals surface area contributed by atoms with Crippen LogP contribution in [0.15, 0.2) is 78.9 Å². The summed E-state index contributed by atoms with van der Waals surface area (Å²) in [6, 6.07) is 27.1. The van der Waals surface area contributed by atoms with Crippen LogP contribution in [0.25, 0.3) is 0 Å². The number of aliphatic hydroxyl groups is 1. The fraction of sp³-hybridized carbons (Fsp3) is 0.333. The number of morpholine rings is 1. The number of benzene rings is 3. The maximum absolute atomic E-state index is 12.6. The molecule has 0 amide bonds. The number of aryl methyl sites for hydroxylation is 2. The molecule has 1 N–H and O–H groups in total. The SMILES string of the molecule is Cc1ccc([C@](O)(c2cccc(C)c2)[C@H](CN2CCOCC2)c2ccccc2)cc1. The highest BCUT2D eigenvalue weighted by Gasteiger charge is 2.42. The van der Waals surface area contributed by atoms with Crippen molar-refractivity contribution in [2.75, 3.05) is 32.8 Å². The Morgan fingerprint density at radius 3 is 2.20 bits per heavy atom. The van der Waals surface area contributed by atoms with Gasteiger partial charge in [-0.25, -0.2) is 0 Å². The highest BCUT2D eigenvalue weighted by molar-refractivity contribution is 5.44. The van der Waals surface area contributed by atoms with Gasteiger partial charge in [-0.2, -0.15) is 0 Å². The van der Waals surface area contributed by atoms with E-state index in [1.54, 1.807) is 0 Å². The van der Waals surface area contributed by atoms with Crippen molar-refractivity contribution in [2.45, 2.75) is 25.4 Å². The van der Waals surface area contributed by atoms with E-state index in [0.717, 1.165) is 55.1 Å². The molecular formula is C27H31NO2. The molecule has 156 valence electrons. The van der Waals surface area contributed by atoms with E-state index in [4.69, 9.17) is 4.74 Å². The van der Waals surface area contributed by atoms with Crippen LogP contribution >= 0.6 is 0 Å². The van der Waals surface area contributed by atoms with Gasteiger partial charge in [-0.15, -0.1) is 0 Å². The summed E-state index contributed by atoms with van der Waals surface area (Å²) in [7, 11) is 0. The normalized spacial score (nSPS) is 18.0. The van der Waals surface area contributed by atoms with E-state index < -0.39 is 5.60 Å². The van der Waals surface area contributed by atoms with Gasteiger partial charge in [0.2, 0.25) is 0 Å². The lowest BCUT2D eigenvalue weighted by Crippen LogP contribution is -2.45. The molecule has 1 heterocycles. The van der Waals surface area contributed by atoms with Gasteiger partial charge >= 0.3 is 0 Å². The van der Waals surface area contributed by atoms with E-state index >= 15 is 0 Å². The molecule has 4 rings (SSSR count). The Morgan fingerprint density at radius 1 is 0.833 bits per heavy atom. The second kappa shape index (κ2) is 9.13. The molecule has 0 unspecified atom stereocenters. The average molecular weight is 402 g/mol. The molecule has 1 aliphatic heterocycles. The summed E-state index contributed by atoms with van der Waals surface area (Å²) >= 11 is 0. The first-order valence-corrected chi connectivity index (χ1v) is 10.8. The van der Waals surface area contributed by atoms with Gasteiger partial charge in [0.05, 0.1) is 13.2 Å². The van der Waals surface area contributed by atoms with Crippen LogP contribution in [0.5, 0.6) is 0 Å². The first-order valence-electron chi connectivity index (χ1n) is 10.8. The lowest BCUT2D eigenvalue weighted by molar-refractivity contribution is 0.000744. The first kappa shape index (κ1) is 20.8. The second-order valence-electron chi connectivity index (χ2n) is 8.38. The Kier molecular flexibility index (Phi) is 6.33. The van der Waals surface area contributed by atoms with Crippen molar-refractivity contribution in [3.05, 3.63) is 107 Å². The van der Waals surface area contributed by atoms with Crippen LogP contribution in [0.3, 0.4) is 0 Å². The molecule has 3 aromatic rings.